The van der Waals surface area contributed by atoms with Crippen LogP contribution in [0.15, 0.2) is 18.2 Å². The minimum absolute atomic E-state index is 0.265. The van der Waals surface area contributed by atoms with Crippen LogP contribution in [0, 0.1) is 0 Å². The highest BCUT2D eigenvalue weighted by molar-refractivity contribution is 7.49. The van der Waals surface area contributed by atoms with E-state index < -0.39 is 24.0 Å². The fraction of sp³-hybridized carbons (Fsp3) is 0.647. The molecule has 0 radical (unpaired) electrons. The Bertz CT molecular complexity index is 605. The summed E-state index contributed by atoms with van der Waals surface area (Å²) in [5.74, 6) is 0.265. The Labute approximate surface area is 164 Å². The van der Waals surface area contributed by atoms with Crippen LogP contribution in [0.3, 0.4) is 0 Å². The van der Waals surface area contributed by atoms with Crippen LogP contribution in [0.2, 0.25) is 56.4 Å². The molecule has 0 aromatic heterocycles. The fourth-order valence-electron chi connectivity index (χ4n) is 1.90. The third kappa shape index (κ3) is 9.69. The topological polar surface area (TPSA) is 65.0 Å². The average molecular weight is 439 g/mol. The van der Waals surface area contributed by atoms with Gasteiger partial charge in [-0.2, -0.15) is 0 Å². The Balaban J connectivity index is 2.90. The summed E-state index contributed by atoms with van der Waals surface area (Å²) < 4.78 is 30.0. The van der Waals surface area contributed by atoms with E-state index in [1.807, 2.05) is 0 Å². The molecule has 0 spiro atoms. The molecule has 0 aliphatic rings. The van der Waals surface area contributed by atoms with E-state index in [9.17, 15) is 9.67 Å². The maximum absolute atomic E-state index is 13.2. The SMILES string of the molecule is C[Si](C)(C)CCOP(=O)(OCC[Si](C)(C)C)Oc1ccc(Cl)cc1CO. The van der Waals surface area contributed by atoms with E-state index in [1.165, 1.54) is 0 Å². The van der Waals surface area contributed by atoms with E-state index in [4.69, 9.17) is 25.2 Å². The van der Waals surface area contributed by atoms with Crippen molar-refractivity contribution in [1.29, 1.82) is 0 Å². The zero-order valence-electron chi connectivity index (χ0n) is 16.7. The molecule has 150 valence electrons. The van der Waals surface area contributed by atoms with Crippen molar-refractivity contribution in [1.82, 2.24) is 0 Å². The van der Waals surface area contributed by atoms with Gasteiger partial charge in [0.1, 0.15) is 5.75 Å². The Morgan fingerprint density at radius 1 is 1.00 bits per heavy atom. The number of phosphoric ester groups is 1. The molecule has 1 N–H and O–H groups in total. The monoisotopic (exact) mass is 438 g/mol. The van der Waals surface area contributed by atoms with Gasteiger partial charge in [0.25, 0.3) is 0 Å². The van der Waals surface area contributed by atoms with Crippen LogP contribution in [0.5, 0.6) is 5.75 Å². The summed E-state index contributed by atoms with van der Waals surface area (Å²) in [5, 5.41) is 9.97. The smallest absolute Gasteiger partial charge is 0.404 e. The number of hydrogen-bond donors (Lipinski definition) is 1. The number of aliphatic hydroxyl groups is 1. The summed E-state index contributed by atoms with van der Waals surface area (Å²) in [6.07, 6.45) is 0. The molecule has 5 nitrogen and oxygen atoms in total. The molecule has 0 aliphatic carbocycles. The van der Waals surface area contributed by atoms with Crippen molar-refractivity contribution in [3.05, 3.63) is 28.8 Å². The minimum Gasteiger partial charge on any atom is -0.404 e. The molecule has 1 aromatic carbocycles. The predicted octanol–water partition coefficient (Wildman–Crippen LogP) is 6.03. The average Bonchev–Trinajstić information content (AvgIpc) is 2.46. The van der Waals surface area contributed by atoms with E-state index in [0.717, 1.165) is 12.1 Å². The predicted molar refractivity (Wildman–Crippen MR) is 114 cm³/mol. The van der Waals surface area contributed by atoms with E-state index in [2.05, 4.69) is 39.3 Å². The van der Waals surface area contributed by atoms with Gasteiger partial charge in [-0.25, -0.2) is 4.57 Å². The van der Waals surface area contributed by atoms with E-state index in [-0.39, 0.29) is 12.4 Å². The van der Waals surface area contributed by atoms with Crippen LogP contribution in [0.1, 0.15) is 5.56 Å². The molecule has 0 bridgehead atoms. The van der Waals surface area contributed by atoms with Crippen LogP contribution >= 0.6 is 19.4 Å². The third-order valence-electron chi connectivity index (χ3n) is 3.61. The lowest BCUT2D eigenvalue weighted by molar-refractivity contribution is 0.165. The third-order valence-corrected chi connectivity index (χ3v) is 8.67. The molecule has 0 fully saturated rings. The highest BCUT2D eigenvalue weighted by Crippen LogP contribution is 2.51. The number of phosphoric acid groups is 1. The molecule has 0 heterocycles. The van der Waals surface area contributed by atoms with Crippen molar-refractivity contribution in [2.75, 3.05) is 13.2 Å². The van der Waals surface area contributed by atoms with Gasteiger partial charge in [0.05, 0.1) is 19.8 Å². The highest BCUT2D eigenvalue weighted by Gasteiger charge is 2.31. The summed E-state index contributed by atoms with van der Waals surface area (Å²) in [5.41, 5.74) is 0.445. The van der Waals surface area contributed by atoms with E-state index >= 15 is 0 Å². The molecule has 0 amide bonds. The zero-order valence-corrected chi connectivity index (χ0v) is 20.3. The first-order chi connectivity index (χ1) is 11.8. The molecule has 0 saturated carbocycles. The summed E-state index contributed by atoms with van der Waals surface area (Å²) in [4.78, 5) is 0. The maximum Gasteiger partial charge on any atom is 0.530 e. The molecule has 1 rings (SSSR count). The second kappa shape index (κ2) is 9.87. The first-order valence-electron chi connectivity index (χ1n) is 8.82. The van der Waals surface area contributed by atoms with Crippen molar-refractivity contribution in [2.45, 2.75) is 58.0 Å². The summed E-state index contributed by atoms with van der Waals surface area (Å²) >= 11 is 5.95. The molecule has 0 aliphatic heterocycles. The standard InChI is InChI=1S/C17H32ClO5PSi2/c1-25(2,3)11-9-21-24(20,22-10-12-26(4,5)6)23-17-8-7-16(18)13-15(17)14-19/h7-8,13,19H,9-12,14H2,1-6H3. The largest absolute Gasteiger partial charge is 0.530 e. The van der Waals surface area contributed by atoms with Crippen molar-refractivity contribution in [3.8, 4) is 5.75 Å². The van der Waals surface area contributed by atoms with Gasteiger partial charge < -0.3 is 9.63 Å². The molecule has 0 saturated heterocycles. The summed E-state index contributed by atoms with van der Waals surface area (Å²) in [7, 11) is -6.46. The Kier molecular flexibility index (Phi) is 9.07. The molecule has 0 atom stereocenters. The zero-order chi connectivity index (χ0) is 20.0. The second-order valence-electron chi connectivity index (χ2n) is 8.74. The normalized spacial score (nSPS) is 13.1. The molecule has 26 heavy (non-hydrogen) atoms. The van der Waals surface area contributed by atoms with Crippen molar-refractivity contribution >= 4 is 35.6 Å². The van der Waals surface area contributed by atoms with Crippen LogP contribution in [0.25, 0.3) is 0 Å². The fourth-order valence-corrected chi connectivity index (χ4v) is 5.09. The van der Waals surface area contributed by atoms with Gasteiger partial charge in [0.2, 0.25) is 0 Å². The molecule has 9 heteroatoms. The lowest BCUT2D eigenvalue weighted by atomic mass is 10.2. The number of rotatable bonds is 11. The lowest BCUT2D eigenvalue weighted by Gasteiger charge is -2.23. The van der Waals surface area contributed by atoms with Gasteiger partial charge in [0.15, 0.2) is 0 Å². The minimum atomic E-state index is -3.78. The molecule has 0 unspecified atom stereocenters. The molecular weight excluding hydrogens is 407 g/mol. The number of benzene rings is 1. The van der Waals surface area contributed by atoms with Gasteiger partial charge in [-0.15, -0.1) is 0 Å². The highest BCUT2D eigenvalue weighted by atomic mass is 35.5. The van der Waals surface area contributed by atoms with Crippen LogP contribution < -0.4 is 4.52 Å². The van der Waals surface area contributed by atoms with Crippen molar-refractivity contribution < 1.29 is 23.2 Å². The van der Waals surface area contributed by atoms with E-state index in [1.54, 1.807) is 18.2 Å². The Morgan fingerprint density at radius 3 is 1.92 bits per heavy atom. The first kappa shape index (κ1) is 23.9. The van der Waals surface area contributed by atoms with Gasteiger partial charge in [0, 0.05) is 26.7 Å². The van der Waals surface area contributed by atoms with Gasteiger partial charge in [-0.1, -0.05) is 50.9 Å². The van der Waals surface area contributed by atoms with Gasteiger partial charge in [-0.3, -0.25) is 9.05 Å². The number of aliphatic hydroxyl groups excluding tert-OH is 1. The van der Waals surface area contributed by atoms with Gasteiger partial charge in [-0.05, 0) is 30.3 Å². The maximum atomic E-state index is 13.2. The Morgan fingerprint density at radius 2 is 1.50 bits per heavy atom. The quantitative estimate of drug-likeness (QED) is 0.337. The van der Waals surface area contributed by atoms with Crippen molar-refractivity contribution in [3.63, 3.8) is 0 Å². The van der Waals surface area contributed by atoms with E-state index in [0.29, 0.717) is 23.8 Å². The summed E-state index contributed by atoms with van der Waals surface area (Å²) in [6.45, 7) is 13.7. The van der Waals surface area contributed by atoms with Crippen molar-refractivity contribution in [2.24, 2.45) is 0 Å². The van der Waals surface area contributed by atoms with Crippen LogP contribution in [-0.4, -0.2) is 34.5 Å². The number of halogens is 1. The molecule has 1 aromatic rings. The molecular formula is C17H32ClO5PSi2. The first-order valence-corrected chi connectivity index (χ1v) is 18.1. The van der Waals surface area contributed by atoms with Gasteiger partial charge >= 0.3 is 7.82 Å². The van der Waals surface area contributed by atoms with Crippen LogP contribution in [-0.2, 0) is 20.2 Å². The summed E-state index contributed by atoms with van der Waals surface area (Å²) in [6, 6.07) is 6.47. The lowest BCUT2D eigenvalue weighted by Crippen LogP contribution is -2.23. The van der Waals surface area contributed by atoms with Crippen LogP contribution in [0.4, 0.5) is 0 Å². The second-order valence-corrected chi connectivity index (χ2v) is 22.0. The number of hydrogen-bond acceptors (Lipinski definition) is 5. The Hall–Kier alpha value is -0.146.